The molecule has 2 atom stereocenters. The van der Waals surface area contributed by atoms with Crippen molar-refractivity contribution in [3.8, 4) is 11.5 Å². The van der Waals surface area contributed by atoms with Gasteiger partial charge in [0.15, 0.2) is 10.8 Å². The first-order valence-electron chi connectivity index (χ1n) is 8.19. The predicted octanol–water partition coefficient (Wildman–Crippen LogP) is 3.19. The van der Waals surface area contributed by atoms with Crippen LogP contribution in [0.1, 0.15) is 11.7 Å². The fraction of sp³-hybridized carbons (Fsp3) is 0.278. The minimum atomic E-state index is -4.86. The lowest BCUT2D eigenvalue weighted by molar-refractivity contribution is -0.0384. The highest BCUT2D eigenvalue weighted by Crippen LogP contribution is 2.29. The molecule has 0 unspecified atom stereocenters. The Labute approximate surface area is 167 Å². The molecule has 0 aliphatic rings. The molecule has 2 aromatic rings. The van der Waals surface area contributed by atoms with E-state index >= 15 is 0 Å². The number of aliphatic hydroxyl groups is 1. The first-order chi connectivity index (χ1) is 13.7. The van der Waals surface area contributed by atoms with Crippen molar-refractivity contribution in [1.29, 1.82) is 0 Å². The van der Waals surface area contributed by atoms with Crippen molar-refractivity contribution in [3.63, 3.8) is 0 Å². The molecule has 0 radical (unpaired) electrons. The van der Waals surface area contributed by atoms with Crippen LogP contribution in [0.5, 0.6) is 11.5 Å². The molecular weight excluding hydrogens is 413 g/mol. The average Bonchev–Trinajstić information content (AvgIpc) is 2.70. The quantitative estimate of drug-likeness (QED) is 0.625. The van der Waals surface area contributed by atoms with Gasteiger partial charge in [-0.05, 0) is 42.5 Å². The average molecular weight is 432 g/mol. The molecule has 0 fully saturated rings. The van der Waals surface area contributed by atoms with Crippen molar-refractivity contribution in [1.82, 2.24) is 5.32 Å². The number of ether oxygens (including phenoxy) is 2. The Balaban J connectivity index is 1.95. The maximum absolute atomic E-state index is 12.4. The summed E-state index contributed by atoms with van der Waals surface area (Å²) in [6.07, 6.45) is -1.10. The first-order valence-corrected chi connectivity index (χ1v) is 9.34. The van der Waals surface area contributed by atoms with Crippen molar-refractivity contribution < 1.29 is 36.8 Å². The lowest BCUT2D eigenvalue weighted by Gasteiger charge is -2.17. The van der Waals surface area contributed by atoms with Crippen LogP contribution in [0.3, 0.4) is 0 Å². The van der Waals surface area contributed by atoms with E-state index in [1.165, 1.54) is 26.4 Å². The van der Waals surface area contributed by atoms with Gasteiger partial charge in [-0.1, -0.05) is 0 Å². The standard InChI is InChI=1S/C18H19F3N2O5S/c1-27-12-5-8-16(28-2)14(9-12)15(24)10-22-17(25)23-11-3-6-13(7-4-11)29(26)18(19,20)21/h3-9,15,24H,10H2,1-2H3,(H2,22,23,25)/t15-,29-/m1/s1. The second-order valence-electron chi connectivity index (χ2n) is 5.70. The summed E-state index contributed by atoms with van der Waals surface area (Å²) in [5.41, 5.74) is -4.26. The summed E-state index contributed by atoms with van der Waals surface area (Å²) in [5.74, 6) is 0.911. The molecule has 0 aliphatic carbocycles. The molecule has 0 spiro atoms. The highest BCUT2D eigenvalue weighted by molar-refractivity contribution is 7.86. The van der Waals surface area contributed by atoms with Gasteiger partial charge in [0.2, 0.25) is 0 Å². The highest BCUT2D eigenvalue weighted by Gasteiger charge is 2.37. The largest absolute Gasteiger partial charge is 0.497 e. The number of halogens is 3. The van der Waals surface area contributed by atoms with Crippen LogP contribution >= 0.6 is 0 Å². The topological polar surface area (TPSA) is 96.9 Å². The maximum atomic E-state index is 12.4. The minimum Gasteiger partial charge on any atom is -0.497 e. The Bertz CT molecular complexity index is 875. The van der Waals surface area contributed by atoms with Gasteiger partial charge in [0.25, 0.3) is 0 Å². The molecule has 7 nitrogen and oxygen atoms in total. The number of nitrogens with one attached hydrogen (secondary N) is 2. The summed E-state index contributed by atoms with van der Waals surface area (Å²) in [5, 5.41) is 15.2. The summed E-state index contributed by atoms with van der Waals surface area (Å²) in [4.78, 5) is 11.5. The molecule has 3 N–H and O–H groups in total. The van der Waals surface area contributed by atoms with Crippen LogP contribution in [0.2, 0.25) is 0 Å². The van der Waals surface area contributed by atoms with E-state index in [1.54, 1.807) is 18.2 Å². The lowest BCUT2D eigenvalue weighted by atomic mass is 10.1. The third-order valence-electron chi connectivity index (χ3n) is 3.79. The van der Waals surface area contributed by atoms with E-state index in [2.05, 4.69) is 10.6 Å². The number of hydrogen-bond donors (Lipinski definition) is 3. The van der Waals surface area contributed by atoms with Crippen molar-refractivity contribution in [2.75, 3.05) is 26.1 Å². The lowest BCUT2D eigenvalue weighted by Crippen LogP contribution is -2.32. The Kier molecular flexibility index (Phi) is 7.46. The Morgan fingerprint density at radius 1 is 1.14 bits per heavy atom. The maximum Gasteiger partial charge on any atom is 0.475 e. The summed E-state index contributed by atoms with van der Waals surface area (Å²) in [7, 11) is -0.233. The molecule has 2 amide bonds. The van der Waals surface area contributed by atoms with Gasteiger partial charge in [-0.15, -0.1) is 0 Å². The van der Waals surface area contributed by atoms with E-state index in [4.69, 9.17) is 9.47 Å². The normalized spacial score (nSPS) is 13.3. The number of urea groups is 1. The van der Waals surface area contributed by atoms with Crippen LogP contribution in [0.4, 0.5) is 23.7 Å². The van der Waals surface area contributed by atoms with E-state index in [9.17, 15) is 27.3 Å². The van der Waals surface area contributed by atoms with Crippen LogP contribution in [0.25, 0.3) is 0 Å². The van der Waals surface area contributed by atoms with E-state index in [0.29, 0.717) is 17.1 Å². The van der Waals surface area contributed by atoms with Crippen LogP contribution in [-0.2, 0) is 10.8 Å². The van der Waals surface area contributed by atoms with Gasteiger partial charge >= 0.3 is 11.5 Å². The smallest absolute Gasteiger partial charge is 0.475 e. The van der Waals surface area contributed by atoms with E-state index in [1.807, 2.05) is 0 Å². The third-order valence-corrected chi connectivity index (χ3v) is 4.91. The van der Waals surface area contributed by atoms with Crippen molar-refractivity contribution >= 4 is 22.5 Å². The molecule has 0 aliphatic heterocycles. The summed E-state index contributed by atoms with van der Waals surface area (Å²) in [6.45, 7) is -0.161. The summed E-state index contributed by atoms with van der Waals surface area (Å²) >= 11 is 0. The molecule has 29 heavy (non-hydrogen) atoms. The molecule has 0 heterocycles. The monoisotopic (exact) mass is 432 g/mol. The SMILES string of the molecule is COc1ccc(OC)c([C@H](O)CNC(=O)Nc2ccc([S@@](=O)C(F)(F)F)cc2)c1. The molecule has 0 aromatic heterocycles. The van der Waals surface area contributed by atoms with Crippen molar-refractivity contribution in [2.24, 2.45) is 0 Å². The van der Waals surface area contributed by atoms with Crippen molar-refractivity contribution in [3.05, 3.63) is 48.0 Å². The molecule has 0 saturated heterocycles. The number of carbonyl (C=O) groups excluding carboxylic acids is 1. The zero-order valence-electron chi connectivity index (χ0n) is 15.4. The number of amides is 2. The van der Waals surface area contributed by atoms with Crippen LogP contribution in [0, 0.1) is 0 Å². The zero-order valence-corrected chi connectivity index (χ0v) is 16.3. The number of aliphatic hydroxyl groups excluding tert-OH is 1. The number of rotatable bonds is 7. The number of benzene rings is 2. The minimum absolute atomic E-state index is 0.161. The van der Waals surface area contributed by atoms with Crippen LogP contribution in [-0.4, -0.2) is 41.6 Å². The zero-order chi connectivity index (χ0) is 21.6. The fourth-order valence-electron chi connectivity index (χ4n) is 2.37. The van der Waals surface area contributed by atoms with Gasteiger partial charge in [-0.2, -0.15) is 13.2 Å². The van der Waals surface area contributed by atoms with E-state index < -0.39 is 33.3 Å². The molecule has 0 saturated carbocycles. The number of anilines is 1. The van der Waals surface area contributed by atoms with Gasteiger partial charge in [0.1, 0.15) is 17.6 Å². The van der Waals surface area contributed by atoms with Gasteiger partial charge in [0, 0.05) is 22.7 Å². The molecule has 0 bridgehead atoms. The fourth-order valence-corrected chi connectivity index (χ4v) is 3.02. The molecule has 2 rings (SSSR count). The number of methoxy groups -OCH3 is 2. The second-order valence-corrected chi connectivity index (χ2v) is 7.17. The van der Waals surface area contributed by atoms with Crippen LogP contribution < -0.4 is 20.1 Å². The number of carbonyl (C=O) groups is 1. The van der Waals surface area contributed by atoms with Gasteiger partial charge in [-0.25, -0.2) is 9.00 Å². The van der Waals surface area contributed by atoms with Crippen molar-refractivity contribution in [2.45, 2.75) is 16.5 Å². The Morgan fingerprint density at radius 3 is 2.34 bits per heavy atom. The number of hydrogen-bond acceptors (Lipinski definition) is 5. The molecule has 158 valence electrons. The first kappa shape index (κ1) is 22.5. The third kappa shape index (κ3) is 6.09. The Hall–Kier alpha value is -2.79. The molecule has 11 heteroatoms. The molecular formula is C18H19F3N2O5S. The predicted molar refractivity (Wildman–Crippen MR) is 100 cm³/mol. The van der Waals surface area contributed by atoms with E-state index in [0.717, 1.165) is 12.1 Å². The summed E-state index contributed by atoms with van der Waals surface area (Å²) < 4.78 is 58.9. The van der Waals surface area contributed by atoms with E-state index in [-0.39, 0.29) is 12.2 Å². The number of alkyl halides is 3. The van der Waals surface area contributed by atoms with Gasteiger partial charge < -0.3 is 25.2 Å². The van der Waals surface area contributed by atoms with Crippen LogP contribution in [0.15, 0.2) is 47.4 Å². The molecule has 2 aromatic carbocycles. The van der Waals surface area contributed by atoms with Gasteiger partial charge in [-0.3, -0.25) is 0 Å². The highest BCUT2D eigenvalue weighted by atomic mass is 32.2. The summed E-state index contributed by atoms with van der Waals surface area (Å²) in [6, 6.07) is 8.57. The van der Waals surface area contributed by atoms with Gasteiger partial charge in [0.05, 0.1) is 14.2 Å². The Morgan fingerprint density at radius 2 is 1.79 bits per heavy atom. The second kappa shape index (κ2) is 9.61.